The van der Waals surface area contributed by atoms with E-state index in [9.17, 15) is 9.59 Å². The van der Waals surface area contributed by atoms with Gasteiger partial charge in [0.15, 0.2) is 4.34 Å². The second-order valence-electron chi connectivity index (χ2n) is 5.16. The zero-order valence-corrected chi connectivity index (χ0v) is 14.4. The predicted octanol–water partition coefficient (Wildman–Crippen LogP) is 4.03. The van der Waals surface area contributed by atoms with Crippen LogP contribution >= 0.6 is 23.1 Å². The van der Waals surface area contributed by atoms with Crippen LogP contribution in [0.2, 0.25) is 0 Å². The summed E-state index contributed by atoms with van der Waals surface area (Å²) in [5, 5.41) is 11.6. The smallest absolute Gasteiger partial charge is 0.313 e. The fourth-order valence-corrected chi connectivity index (χ4v) is 3.90. The highest BCUT2D eigenvalue weighted by Gasteiger charge is 2.10. The number of nitrogens with one attached hydrogen (secondary N) is 1. The van der Waals surface area contributed by atoms with Crippen molar-refractivity contribution in [1.82, 2.24) is 4.98 Å². The number of amides is 1. The molecule has 1 aromatic heterocycles. The van der Waals surface area contributed by atoms with Gasteiger partial charge in [-0.25, -0.2) is 4.98 Å². The Balaban J connectivity index is 1.76. The molecule has 2 N–H and O–H groups in total. The first kappa shape index (κ1) is 16.5. The Morgan fingerprint density at radius 3 is 2.67 bits per heavy atom. The first-order valence-corrected chi connectivity index (χ1v) is 8.95. The van der Waals surface area contributed by atoms with Crippen LogP contribution in [0.15, 0.2) is 46.8 Å². The Bertz CT molecular complexity index is 904. The normalized spacial score (nSPS) is 10.7. The summed E-state index contributed by atoms with van der Waals surface area (Å²) in [6.45, 7) is 1.97. The average Bonchev–Trinajstić information content (AvgIpc) is 2.95. The topological polar surface area (TPSA) is 79.3 Å². The summed E-state index contributed by atoms with van der Waals surface area (Å²) in [5.41, 5.74) is 3.18. The predicted molar refractivity (Wildman–Crippen MR) is 97.1 cm³/mol. The molecule has 5 nitrogen and oxygen atoms in total. The van der Waals surface area contributed by atoms with Crippen molar-refractivity contribution in [2.75, 3.05) is 11.1 Å². The fraction of sp³-hybridized carbons (Fsp3) is 0.118. The number of nitrogens with zero attached hydrogens (tertiary/aromatic N) is 1. The third kappa shape index (κ3) is 3.93. The highest BCUT2D eigenvalue weighted by molar-refractivity contribution is 8.01. The Kier molecular flexibility index (Phi) is 4.82. The average molecular weight is 358 g/mol. The van der Waals surface area contributed by atoms with Gasteiger partial charge in [0.2, 0.25) is 0 Å². The van der Waals surface area contributed by atoms with Crippen LogP contribution in [0.25, 0.3) is 10.2 Å². The summed E-state index contributed by atoms with van der Waals surface area (Å²) in [6, 6.07) is 12.8. The van der Waals surface area contributed by atoms with Gasteiger partial charge in [-0.1, -0.05) is 29.5 Å². The van der Waals surface area contributed by atoms with E-state index in [0.717, 1.165) is 15.8 Å². The number of aliphatic carboxylic acids is 1. The molecule has 0 atom stereocenters. The lowest BCUT2D eigenvalue weighted by Gasteiger charge is -2.05. The fourth-order valence-electron chi connectivity index (χ4n) is 2.07. The van der Waals surface area contributed by atoms with E-state index in [0.29, 0.717) is 15.6 Å². The lowest BCUT2D eigenvalue weighted by molar-refractivity contribution is -0.133. The number of carboxylic acid groups (broad SMARTS) is 1. The van der Waals surface area contributed by atoms with Crippen LogP contribution in [0, 0.1) is 6.92 Å². The summed E-state index contributed by atoms with van der Waals surface area (Å²) in [5.74, 6) is -1.05. The van der Waals surface area contributed by atoms with Crippen molar-refractivity contribution in [3.8, 4) is 0 Å². The van der Waals surface area contributed by atoms with Crippen LogP contribution in [-0.4, -0.2) is 27.7 Å². The molecular formula is C17H14N2O3S2. The highest BCUT2D eigenvalue weighted by Crippen LogP contribution is 2.31. The van der Waals surface area contributed by atoms with Crippen molar-refractivity contribution in [2.45, 2.75) is 11.3 Å². The lowest BCUT2D eigenvalue weighted by atomic mass is 10.1. The molecule has 0 unspecified atom stereocenters. The van der Waals surface area contributed by atoms with Gasteiger partial charge in [0, 0.05) is 11.3 Å². The molecule has 0 aliphatic carbocycles. The molecule has 3 rings (SSSR count). The first-order valence-electron chi connectivity index (χ1n) is 7.14. The van der Waals surface area contributed by atoms with Crippen molar-refractivity contribution in [2.24, 2.45) is 0 Å². The number of carbonyl (C=O) groups is 2. The molecule has 24 heavy (non-hydrogen) atoms. The number of thiazole rings is 1. The largest absolute Gasteiger partial charge is 0.481 e. The van der Waals surface area contributed by atoms with Gasteiger partial charge >= 0.3 is 5.97 Å². The Morgan fingerprint density at radius 1 is 1.21 bits per heavy atom. The maximum absolute atomic E-state index is 12.3. The van der Waals surface area contributed by atoms with Gasteiger partial charge in [0.05, 0.1) is 16.0 Å². The molecule has 2 aromatic carbocycles. The van der Waals surface area contributed by atoms with Crippen molar-refractivity contribution >= 4 is 50.9 Å². The number of aromatic nitrogens is 1. The minimum absolute atomic E-state index is 0.0170. The molecule has 122 valence electrons. The van der Waals surface area contributed by atoms with Gasteiger partial charge in [-0.15, -0.1) is 11.3 Å². The summed E-state index contributed by atoms with van der Waals surface area (Å²) < 4.78 is 1.61. The molecule has 1 amide bonds. The standard InChI is InChI=1S/C17H14N2O3S2/c1-10-2-4-11(5-3-10)16(22)18-12-6-7-13-14(8-12)24-17(19-13)23-9-15(20)21/h2-8H,9H2,1H3,(H,18,22)(H,20,21). The molecule has 0 radical (unpaired) electrons. The van der Waals surface area contributed by atoms with E-state index in [1.165, 1.54) is 23.1 Å². The van der Waals surface area contributed by atoms with Crippen LogP contribution in [0.1, 0.15) is 15.9 Å². The summed E-state index contributed by atoms with van der Waals surface area (Å²) in [7, 11) is 0. The van der Waals surface area contributed by atoms with Crippen molar-refractivity contribution in [3.05, 3.63) is 53.6 Å². The van der Waals surface area contributed by atoms with Crippen molar-refractivity contribution in [3.63, 3.8) is 0 Å². The van der Waals surface area contributed by atoms with Crippen molar-refractivity contribution < 1.29 is 14.7 Å². The molecule has 0 spiro atoms. The van der Waals surface area contributed by atoms with E-state index in [1.54, 1.807) is 18.2 Å². The number of carboxylic acids is 1. The number of hydrogen-bond donors (Lipinski definition) is 2. The number of hydrogen-bond acceptors (Lipinski definition) is 5. The van der Waals surface area contributed by atoms with Crippen LogP contribution in [0.3, 0.4) is 0 Å². The van der Waals surface area contributed by atoms with E-state index in [2.05, 4.69) is 10.3 Å². The second-order valence-corrected chi connectivity index (χ2v) is 7.42. The van der Waals surface area contributed by atoms with E-state index in [4.69, 9.17) is 5.11 Å². The molecule has 0 aliphatic heterocycles. The number of anilines is 1. The third-order valence-corrected chi connectivity index (χ3v) is 5.41. The SMILES string of the molecule is Cc1ccc(C(=O)Nc2ccc3nc(SCC(=O)O)sc3c2)cc1. The lowest BCUT2D eigenvalue weighted by Crippen LogP contribution is -2.11. The Hall–Kier alpha value is -2.38. The van der Waals surface area contributed by atoms with Gasteiger partial charge in [0.1, 0.15) is 0 Å². The second kappa shape index (κ2) is 7.02. The molecule has 0 saturated carbocycles. The van der Waals surface area contributed by atoms with Crippen molar-refractivity contribution in [1.29, 1.82) is 0 Å². The van der Waals surface area contributed by atoms with Crippen LogP contribution in [0.4, 0.5) is 5.69 Å². The number of aryl methyl sites for hydroxylation is 1. The monoisotopic (exact) mass is 358 g/mol. The molecule has 0 aliphatic rings. The van der Waals surface area contributed by atoms with Gasteiger partial charge in [-0.2, -0.15) is 0 Å². The summed E-state index contributed by atoms with van der Waals surface area (Å²) in [4.78, 5) is 27.3. The van der Waals surface area contributed by atoms with Gasteiger partial charge in [-0.05, 0) is 37.3 Å². The number of thioether (sulfide) groups is 1. The first-order chi connectivity index (χ1) is 11.5. The number of benzene rings is 2. The quantitative estimate of drug-likeness (QED) is 0.673. The van der Waals surface area contributed by atoms with E-state index in [1.807, 2.05) is 31.2 Å². The molecule has 7 heteroatoms. The number of rotatable bonds is 5. The minimum atomic E-state index is -0.870. The number of fused-ring (bicyclic) bond motifs is 1. The van der Waals surface area contributed by atoms with Crippen LogP contribution < -0.4 is 5.32 Å². The van der Waals surface area contributed by atoms with Gasteiger partial charge in [-0.3, -0.25) is 9.59 Å². The molecule has 0 fully saturated rings. The van der Waals surface area contributed by atoms with E-state index < -0.39 is 5.97 Å². The molecule has 0 bridgehead atoms. The highest BCUT2D eigenvalue weighted by atomic mass is 32.2. The van der Waals surface area contributed by atoms with Gasteiger partial charge in [0.25, 0.3) is 5.91 Å². The van der Waals surface area contributed by atoms with E-state index in [-0.39, 0.29) is 11.7 Å². The maximum atomic E-state index is 12.3. The zero-order chi connectivity index (χ0) is 17.1. The Labute approximate surface area is 146 Å². The number of carbonyl (C=O) groups excluding carboxylic acids is 1. The summed E-state index contributed by atoms with van der Waals surface area (Å²) in [6.07, 6.45) is 0. The summed E-state index contributed by atoms with van der Waals surface area (Å²) >= 11 is 2.61. The molecule has 0 saturated heterocycles. The van der Waals surface area contributed by atoms with Crippen LogP contribution in [-0.2, 0) is 4.79 Å². The molecule has 1 heterocycles. The maximum Gasteiger partial charge on any atom is 0.313 e. The Morgan fingerprint density at radius 2 is 1.96 bits per heavy atom. The van der Waals surface area contributed by atoms with E-state index >= 15 is 0 Å². The molecular weight excluding hydrogens is 344 g/mol. The minimum Gasteiger partial charge on any atom is -0.481 e. The zero-order valence-electron chi connectivity index (χ0n) is 12.8. The molecule has 3 aromatic rings. The van der Waals surface area contributed by atoms with Crippen LogP contribution in [0.5, 0.6) is 0 Å². The third-order valence-electron chi connectivity index (χ3n) is 3.26. The van der Waals surface area contributed by atoms with Gasteiger partial charge < -0.3 is 10.4 Å².